The van der Waals surface area contributed by atoms with E-state index in [9.17, 15) is 9.59 Å². The number of para-hydroxylation sites is 1. The third kappa shape index (κ3) is 3.05. The minimum absolute atomic E-state index is 0.0783. The van der Waals surface area contributed by atoms with Gasteiger partial charge in [0.2, 0.25) is 5.91 Å². The Morgan fingerprint density at radius 2 is 1.80 bits per heavy atom. The summed E-state index contributed by atoms with van der Waals surface area (Å²) in [7, 11) is 0. The Morgan fingerprint density at radius 1 is 1.04 bits per heavy atom. The lowest BCUT2D eigenvalue weighted by Crippen LogP contribution is -2.36. The lowest BCUT2D eigenvalue weighted by molar-refractivity contribution is -0.132. The second kappa shape index (κ2) is 6.51. The topological polar surface area (TPSA) is 55.2 Å². The summed E-state index contributed by atoms with van der Waals surface area (Å²) in [6.45, 7) is 1.74. The first-order chi connectivity index (χ1) is 12.2. The molecule has 4 rings (SSSR count). The molecule has 0 unspecified atom stereocenters. The summed E-state index contributed by atoms with van der Waals surface area (Å²) in [4.78, 5) is 31.2. The fraction of sp³-hybridized carbons (Fsp3) is 0.250. The van der Waals surface area contributed by atoms with Gasteiger partial charge in [0.05, 0.1) is 17.2 Å². The Kier molecular flexibility index (Phi) is 4.06. The number of aryl methyl sites for hydroxylation is 1. The van der Waals surface area contributed by atoms with Crippen molar-refractivity contribution in [3.05, 3.63) is 76.3 Å². The SMILES string of the molecule is O=C(CCn1cnc2ccccc2c1=O)N1CCc2ccccc2C1. The van der Waals surface area contributed by atoms with Crippen molar-refractivity contribution in [1.82, 2.24) is 14.5 Å². The second-order valence-corrected chi connectivity index (χ2v) is 6.34. The van der Waals surface area contributed by atoms with Gasteiger partial charge in [-0.3, -0.25) is 14.2 Å². The van der Waals surface area contributed by atoms with Crippen LogP contribution in [0.4, 0.5) is 0 Å². The predicted molar refractivity (Wildman–Crippen MR) is 96.2 cm³/mol. The highest BCUT2D eigenvalue weighted by molar-refractivity contribution is 5.77. The molecule has 0 saturated carbocycles. The maximum atomic E-state index is 12.5. The van der Waals surface area contributed by atoms with Gasteiger partial charge in [-0.15, -0.1) is 0 Å². The molecule has 2 heterocycles. The number of nitrogens with zero attached hydrogens (tertiary/aromatic N) is 3. The van der Waals surface area contributed by atoms with Crippen LogP contribution >= 0.6 is 0 Å². The monoisotopic (exact) mass is 333 g/mol. The summed E-state index contributed by atoms with van der Waals surface area (Å²) in [6.07, 6.45) is 2.73. The van der Waals surface area contributed by atoms with E-state index in [-0.39, 0.29) is 11.5 Å². The van der Waals surface area contributed by atoms with E-state index in [0.29, 0.717) is 30.4 Å². The van der Waals surface area contributed by atoms with Crippen LogP contribution in [0, 0.1) is 0 Å². The minimum Gasteiger partial charge on any atom is -0.338 e. The second-order valence-electron chi connectivity index (χ2n) is 6.34. The van der Waals surface area contributed by atoms with Crippen LogP contribution in [-0.4, -0.2) is 26.9 Å². The summed E-state index contributed by atoms with van der Waals surface area (Å²) in [5, 5.41) is 0.587. The van der Waals surface area contributed by atoms with Crippen molar-refractivity contribution in [2.45, 2.75) is 25.9 Å². The lowest BCUT2D eigenvalue weighted by Gasteiger charge is -2.29. The molecule has 0 bridgehead atoms. The Bertz CT molecular complexity index is 993. The van der Waals surface area contributed by atoms with Crippen LogP contribution in [0.1, 0.15) is 17.5 Å². The Morgan fingerprint density at radius 3 is 2.68 bits per heavy atom. The van der Waals surface area contributed by atoms with Gasteiger partial charge in [0.1, 0.15) is 0 Å². The molecule has 5 heteroatoms. The predicted octanol–water partition coefficient (Wildman–Crippen LogP) is 2.37. The zero-order valence-electron chi connectivity index (χ0n) is 13.9. The maximum absolute atomic E-state index is 12.5. The van der Waals surface area contributed by atoms with Crippen LogP contribution in [0.15, 0.2) is 59.7 Å². The van der Waals surface area contributed by atoms with Crippen LogP contribution in [0.5, 0.6) is 0 Å². The van der Waals surface area contributed by atoms with Gasteiger partial charge in [-0.2, -0.15) is 0 Å². The molecule has 0 fully saturated rings. The molecule has 0 aliphatic carbocycles. The first-order valence-corrected chi connectivity index (χ1v) is 8.51. The summed E-state index contributed by atoms with van der Waals surface area (Å²) in [6, 6.07) is 15.5. The number of amides is 1. The maximum Gasteiger partial charge on any atom is 0.261 e. The molecule has 126 valence electrons. The van der Waals surface area contributed by atoms with Gasteiger partial charge in [-0.25, -0.2) is 4.98 Å². The molecular weight excluding hydrogens is 314 g/mol. The van der Waals surface area contributed by atoms with Crippen LogP contribution in [0.25, 0.3) is 10.9 Å². The number of aromatic nitrogens is 2. The first-order valence-electron chi connectivity index (χ1n) is 8.51. The smallest absolute Gasteiger partial charge is 0.261 e. The molecule has 3 aromatic rings. The number of hydrogen-bond donors (Lipinski definition) is 0. The molecule has 0 atom stereocenters. The van der Waals surface area contributed by atoms with E-state index >= 15 is 0 Å². The summed E-state index contributed by atoms with van der Waals surface area (Å²) in [5.74, 6) is 0.0783. The van der Waals surface area contributed by atoms with Gasteiger partial charge in [0, 0.05) is 26.1 Å². The van der Waals surface area contributed by atoms with E-state index in [2.05, 4.69) is 17.1 Å². The van der Waals surface area contributed by atoms with Crippen LogP contribution < -0.4 is 5.56 Å². The number of benzene rings is 2. The van der Waals surface area contributed by atoms with Crippen LogP contribution in [0.3, 0.4) is 0 Å². The molecule has 1 aliphatic heterocycles. The molecule has 1 aromatic heterocycles. The van der Waals surface area contributed by atoms with Gasteiger partial charge in [-0.1, -0.05) is 36.4 Å². The summed E-state index contributed by atoms with van der Waals surface area (Å²) < 4.78 is 1.53. The minimum atomic E-state index is -0.0950. The molecule has 0 spiro atoms. The number of carbonyl (C=O) groups excluding carboxylic acids is 1. The fourth-order valence-electron chi connectivity index (χ4n) is 3.35. The zero-order chi connectivity index (χ0) is 17.2. The van der Waals surface area contributed by atoms with E-state index in [1.807, 2.05) is 35.2 Å². The molecule has 5 nitrogen and oxygen atoms in total. The molecule has 1 aliphatic rings. The molecule has 0 N–H and O–H groups in total. The quantitative estimate of drug-likeness (QED) is 0.739. The van der Waals surface area contributed by atoms with Gasteiger partial charge in [0.15, 0.2) is 0 Å². The Labute approximate surface area is 145 Å². The van der Waals surface area contributed by atoms with E-state index in [0.717, 1.165) is 13.0 Å². The normalized spacial score (nSPS) is 13.7. The number of rotatable bonds is 3. The van der Waals surface area contributed by atoms with Crippen molar-refractivity contribution in [2.75, 3.05) is 6.54 Å². The highest BCUT2D eigenvalue weighted by Crippen LogP contribution is 2.19. The van der Waals surface area contributed by atoms with E-state index in [4.69, 9.17) is 0 Å². The van der Waals surface area contributed by atoms with Gasteiger partial charge < -0.3 is 4.90 Å². The van der Waals surface area contributed by atoms with Crippen molar-refractivity contribution >= 4 is 16.8 Å². The molecule has 25 heavy (non-hydrogen) atoms. The number of fused-ring (bicyclic) bond motifs is 2. The van der Waals surface area contributed by atoms with Crippen molar-refractivity contribution in [3.8, 4) is 0 Å². The van der Waals surface area contributed by atoms with Crippen LogP contribution in [0.2, 0.25) is 0 Å². The molecule has 0 radical (unpaired) electrons. The highest BCUT2D eigenvalue weighted by Gasteiger charge is 2.20. The number of hydrogen-bond acceptors (Lipinski definition) is 3. The molecule has 1 amide bonds. The average Bonchev–Trinajstić information content (AvgIpc) is 2.67. The average molecular weight is 333 g/mol. The molecule has 2 aromatic carbocycles. The Balaban J connectivity index is 1.46. The third-order valence-corrected chi connectivity index (χ3v) is 4.78. The Hall–Kier alpha value is -2.95. The van der Waals surface area contributed by atoms with Gasteiger partial charge >= 0.3 is 0 Å². The molecular formula is C20H19N3O2. The zero-order valence-corrected chi connectivity index (χ0v) is 13.9. The van der Waals surface area contributed by atoms with Crippen molar-refractivity contribution < 1.29 is 4.79 Å². The fourth-order valence-corrected chi connectivity index (χ4v) is 3.35. The van der Waals surface area contributed by atoms with E-state index in [1.54, 1.807) is 6.07 Å². The largest absolute Gasteiger partial charge is 0.338 e. The molecule has 0 saturated heterocycles. The van der Waals surface area contributed by atoms with Gasteiger partial charge in [0.25, 0.3) is 5.56 Å². The van der Waals surface area contributed by atoms with E-state index in [1.165, 1.54) is 22.0 Å². The van der Waals surface area contributed by atoms with E-state index < -0.39 is 0 Å². The highest BCUT2D eigenvalue weighted by atomic mass is 16.2. The lowest BCUT2D eigenvalue weighted by atomic mass is 10.00. The van der Waals surface area contributed by atoms with Crippen LogP contribution in [-0.2, 0) is 24.3 Å². The number of carbonyl (C=O) groups is 1. The van der Waals surface area contributed by atoms with Gasteiger partial charge in [-0.05, 0) is 29.7 Å². The van der Waals surface area contributed by atoms with Crippen molar-refractivity contribution in [1.29, 1.82) is 0 Å². The first kappa shape index (κ1) is 15.6. The van der Waals surface area contributed by atoms with Crippen molar-refractivity contribution in [3.63, 3.8) is 0 Å². The summed E-state index contributed by atoms with van der Waals surface area (Å²) >= 11 is 0. The third-order valence-electron chi connectivity index (χ3n) is 4.78. The summed E-state index contributed by atoms with van der Waals surface area (Å²) in [5.41, 5.74) is 3.12. The standard InChI is InChI=1S/C20H19N3O2/c24-19(22-11-9-15-5-1-2-6-16(15)13-22)10-12-23-14-21-18-8-4-3-7-17(18)20(23)25/h1-8,14H,9-13H2. The van der Waals surface area contributed by atoms with Crippen molar-refractivity contribution in [2.24, 2.45) is 0 Å².